The molecule has 0 aromatic carbocycles. The summed E-state index contributed by atoms with van der Waals surface area (Å²) in [4.78, 5) is 0. The average Bonchev–Trinajstić information content (AvgIpc) is 3.02. The molecule has 0 saturated heterocycles. The average molecular weight is 479 g/mol. The van der Waals surface area contributed by atoms with Gasteiger partial charge in [-0.15, -0.1) is 0 Å². The second kappa shape index (κ2) is 8.78. The highest BCUT2D eigenvalue weighted by molar-refractivity contribution is 6.70. The molecule has 32 heavy (non-hydrogen) atoms. The van der Waals surface area contributed by atoms with Gasteiger partial charge in [-0.25, -0.2) is 0 Å². The van der Waals surface area contributed by atoms with E-state index in [1.54, 1.807) is 0 Å². The molecule has 4 heteroatoms. The van der Waals surface area contributed by atoms with Crippen molar-refractivity contribution in [1.82, 2.24) is 0 Å². The van der Waals surface area contributed by atoms with E-state index in [0.717, 1.165) is 29.6 Å². The maximum atomic E-state index is 6.81. The van der Waals surface area contributed by atoms with Gasteiger partial charge in [0.15, 0.2) is 16.6 Å². The molecule has 4 aliphatic carbocycles. The first-order valence-electron chi connectivity index (χ1n) is 14.1. The maximum Gasteiger partial charge on any atom is 0.184 e. The first-order chi connectivity index (χ1) is 14.8. The van der Waals surface area contributed by atoms with Crippen molar-refractivity contribution in [1.29, 1.82) is 0 Å². The highest BCUT2D eigenvalue weighted by Gasteiger charge is 2.61. The van der Waals surface area contributed by atoms with Crippen LogP contribution in [-0.4, -0.2) is 28.8 Å². The molecule has 4 rings (SSSR count). The highest BCUT2D eigenvalue weighted by Crippen LogP contribution is 2.68. The molecule has 9 atom stereocenters. The second-order valence-corrected chi connectivity index (χ2v) is 23.6. The fraction of sp³-hybridized carbons (Fsp3) is 1.00. The molecule has 4 aliphatic rings. The Labute approximate surface area is 202 Å². The summed E-state index contributed by atoms with van der Waals surface area (Å²) in [6, 6.07) is 0. The lowest BCUT2D eigenvalue weighted by molar-refractivity contribution is -0.130. The summed E-state index contributed by atoms with van der Waals surface area (Å²) < 4.78 is 13.4. The quantitative estimate of drug-likeness (QED) is 0.356. The van der Waals surface area contributed by atoms with Crippen molar-refractivity contribution in [3.63, 3.8) is 0 Å². The van der Waals surface area contributed by atoms with Crippen LogP contribution < -0.4 is 0 Å². The van der Waals surface area contributed by atoms with Gasteiger partial charge in [-0.1, -0.05) is 20.8 Å². The van der Waals surface area contributed by atoms with Crippen LogP contribution in [0.4, 0.5) is 0 Å². The SMILES string of the molecule is CC[C@H](O[Si](C)(C)C)[C@H]1CCC2C3CC[C@@H]4C[C@H](O[Si](C)(C)C)CC[C@]4(C)C3CC[C@@]21C. The van der Waals surface area contributed by atoms with E-state index in [-0.39, 0.29) is 0 Å². The van der Waals surface area contributed by atoms with Crippen LogP contribution in [0.25, 0.3) is 0 Å². The molecule has 4 fully saturated rings. The van der Waals surface area contributed by atoms with Crippen LogP contribution in [0.5, 0.6) is 0 Å². The molecule has 4 saturated carbocycles. The molecule has 0 spiro atoms. The third kappa shape index (κ3) is 4.73. The Balaban J connectivity index is 1.49. The molecule has 3 unspecified atom stereocenters. The van der Waals surface area contributed by atoms with E-state index < -0.39 is 16.6 Å². The van der Waals surface area contributed by atoms with E-state index in [9.17, 15) is 0 Å². The summed E-state index contributed by atoms with van der Waals surface area (Å²) in [6.45, 7) is 22.0. The molecule has 0 radical (unpaired) electrons. The zero-order valence-electron chi connectivity index (χ0n) is 22.9. The van der Waals surface area contributed by atoms with Crippen LogP contribution in [0.1, 0.15) is 85.0 Å². The topological polar surface area (TPSA) is 18.5 Å². The van der Waals surface area contributed by atoms with E-state index >= 15 is 0 Å². The van der Waals surface area contributed by atoms with Crippen LogP contribution in [0, 0.1) is 40.4 Å². The number of hydrogen-bond acceptors (Lipinski definition) is 2. The standard InChI is InChI=1S/C28H54O2Si2/c1-10-26(30-32(7,8)9)25-14-13-23-22-12-11-20-19-21(29-31(4,5)6)15-17-27(20,2)24(22)16-18-28(23,25)3/h20-26H,10-19H2,1-9H3/t20-,21-,22?,23?,24?,25-,26+,27+,28+/m1/s1. The summed E-state index contributed by atoms with van der Waals surface area (Å²) >= 11 is 0. The van der Waals surface area contributed by atoms with Crippen molar-refractivity contribution in [3.05, 3.63) is 0 Å². The van der Waals surface area contributed by atoms with Crippen LogP contribution >= 0.6 is 0 Å². The molecule has 0 aromatic rings. The van der Waals surface area contributed by atoms with E-state index in [2.05, 4.69) is 60.1 Å². The molecule has 186 valence electrons. The predicted molar refractivity (Wildman–Crippen MR) is 142 cm³/mol. The van der Waals surface area contributed by atoms with Gasteiger partial charge < -0.3 is 8.85 Å². The minimum atomic E-state index is -1.50. The Bertz CT molecular complexity index is 667. The lowest BCUT2D eigenvalue weighted by Crippen LogP contribution is -2.55. The molecule has 0 heterocycles. The fourth-order valence-corrected chi connectivity index (χ4v) is 11.8. The summed E-state index contributed by atoms with van der Waals surface area (Å²) in [7, 11) is -2.94. The van der Waals surface area contributed by atoms with Gasteiger partial charge in [-0.2, -0.15) is 0 Å². The number of fused-ring (bicyclic) bond motifs is 5. The lowest BCUT2D eigenvalue weighted by atomic mass is 9.44. The summed E-state index contributed by atoms with van der Waals surface area (Å²) in [5, 5.41) is 0. The molecule has 0 bridgehead atoms. The third-order valence-electron chi connectivity index (χ3n) is 10.6. The highest BCUT2D eigenvalue weighted by atomic mass is 28.4. The molecule has 2 nitrogen and oxygen atoms in total. The molecule has 0 aliphatic heterocycles. The number of hydrogen-bond donors (Lipinski definition) is 0. The van der Waals surface area contributed by atoms with Gasteiger partial charge in [-0.3, -0.25) is 0 Å². The normalized spacial score (nSPS) is 45.7. The minimum absolute atomic E-state index is 0.495. The second-order valence-electron chi connectivity index (χ2n) is 14.7. The lowest BCUT2D eigenvalue weighted by Gasteiger charge is -2.61. The summed E-state index contributed by atoms with van der Waals surface area (Å²) in [6.07, 6.45) is 15.1. The van der Waals surface area contributed by atoms with Gasteiger partial charge in [0.05, 0.1) is 0 Å². The van der Waals surface area contributed by atoms with E-state index in [0.29, 0.717) is 23.0 Å². The Morgan fingerprint density at radius 1 is 0.781 bits per heavy atom. The molecular weight excluding hydrogens is 424 g/mol. The first kappa shape index (κ1) is 25.4. The van der Waals surface area contributed by atoms with Crippen molar-refractivity contribution in [2.24, 2.45) is 40.4 Å². The van der Waals surface area contributed by atoms with Gasteiger partial charge in [0.2, 0.25) is 0 Å². The first-order valence-corrected chi connectivity index (χ1v) is 20.9. The van der Waals surface area contributed by atoms with Gasteiger partial charge in [-0.05, 0) is 144 Å². The zero-order chi connectivity index (χ0) is 23.5. The smallest absolute Gasteiger partial charge is 0.184 e. The Morgan fingerprint density at radius 2 is 1.44 bits per heavy atom. The van der Waals surface area contributed by atoms with Gasteiger partial charge in [0, 0.05) is 12.2 Å². The molecule has 0 aromatic heterocycles. The zero-order valence-corrected chi connectivity index (χ0v) is 24.9. The summed E-state index contributed by atoms with van der Waals surface area (Å²) in [5.74, 6) is 4.57. The molecular formula is C28H54O2Si2. The molecule has 0 amide bonds. The van der Waals surface area contributed by atoms with Crippen LogP contribution in [-0.2, 0) is 8.85 Å². The monoisotopic (exact) mass is 478 g/mol. The summed E-state index contributed by atoms with van der Waals surface area (Å²) in [5.41, 5.74) is 1.09. The minimum Gasteiger partial charge on any atom is -0.415 e. The van der Waals surface area contributed by atoms with E-state index in [4.69, 9.17) is 8.85 Å². The third-order valence-corrected chi connectivity index (χ3v) is 12.6. The number of rotatable bonds is 6. The van der Waals surface area contributed by atoms with Crippen LogP contribution in [0.15, 0.2) is 0 Å². The maximum absolute atomic E-state index is 6.81. The van der Waals surface area contributed by atoms with E-state index in [1.165, 1.54) is 64.2 Å². The molecule has 0 N–H and O–H groups in total. The van der Waals surface area contributed by atoms with Gasteiger partial charge >= 0.3 is 0 Å². The predicted octanol–water partition coefficient (Wildman–Crippen LogP) is 8.50. The van der Waals surface area contributed by atoms with Crippen LogP contribution in [0.2, 0.25) is 39.3 Å². The van der Waals surface area contributed by atoms with Crippen molar-refractivity contribution in [3.8, 4) is 0 Å². The Morgan fingerprint density at radius 3 is 2.06 bits per heavy atom. The van der Waals surface area contributed by atoms with Crippen molar-refractivity contribution in [2.75, 3.05) is 0 Å². The largest absolute Gasteiger partial charge is 0.415 e. The van der Waals surface area contributed by atoms with Crippen molar-refractivity contribution in [2.45, 2.75) is 136 Å². The van der Waals surface area contributed by atoms with E-state index in [1.807, 2.05) is 0 Å². The van der Waals surface area contributed by atoms with Crippen molar-refractivity contribution >= 4 is 16.6 Å². The Kier molecular flexibility index (Phi) is 6.98. The van der Waals surface area contributed by atoms with Crippen molar-refractivity contribution < 1.29 is 8.85 Å². The fourth-order valence-electron chi connectivity index (χ4n) is 9.38. The van der Waals surface area contributed by atoms with Gasteiger partial charge in [0.25, 0.3) is 0 Å². The van der Waals surface area contributed by atoms with Gasteiger partial charge in [0.1, 0.15) is 0 Å². The van der Waals surface area contributed by atoms with Crippen LogP contribution in [0.3, 0.4) is 0 Å². The Hall–Kier alpha value is 0.354.